The standard InChI is InChI=1S/C23H27NO6/c1-7-17(21(26)27)24-18(25)9-14-11(2)13-8-15-16(23(4,5)6)10-29-19(15)12(3)20(13)30-22(14)28/h8,10,17H,7,9H2,1-6H3,(H,24,25)(H,26,27)/p-1/t17-/m0/s1. The molecule has 0 fully saturated rings. The van der Waals surface area contributed by atoms with E-state index < -0.39 is 23.5 Å². The predicted molar refractivity (Wildman–Crippen MR) is 111 cm³/mol. The zero-order valence-electron chi connectivity index (χ0n) is 18.1. The minimum absolute atomic E-state index is 0.141. The lowest BCUT2D eigenvalue weighted by molar-refractivity contribution is -0.308. The smallest absolute Gasteiger partial charge is 0.340 e. The van der Waals surface area contributed by atoms with Gasteiger partial charge in [-0.25, -0.2) is 4.79 Å². The second-order valence-electron chi connectivity index (χ2n) is 8.67. The largest absolute Gasteiger partial charge is 0.548 e. The lowest BCUT2D eigenvalue weighted by Gasteiger charge is -2.18. The molecule has 30 heavy (non-hydrogen) atoms. The molecule has 0 radical (unpaired) electrons. The van der Waals surface area contributed by atoms with Crippen LogP contribution < -0.4 is 16.0 Å². The van der Waals surface area contributed by atoms with Gasteiger partial charge in [-0.1, -0.05) is 27.7 Å². The van der Waals surface area contributed by atoms with Crippen LogP contribution in [0.5, 0.6) is 0 Å². The maximum absolute atomic E-state index is 12.6. The number of aliphatic carboxylic acids is 1. The van der Waals surface area contributed by atoms with E-state index in [1.807, 2.05) is 13.0 Å². The number of aryl methyl sites for hydroxylation is 2. The minimum Gasteiger partial charge on any atom is -0.548 e. The first-order valence-corrected chi connectivity index (χ1v) is 9.93. The number of carbonyl (C=O) groups excluding carboxylic acids is 2. The predicted octanol–water partition coefficient (Wildman–Crippen LogP) is 2.64. The third-order valence-corrected chi connectivity index (χ3v) is 5.52. The molecular weight excluding hydrogens is 386 g/mol. The van der Waals surface area contributed by atoms with Gasteiger partial charge in [0.25, 0.3) is 0 Å². The number of amides is 1. The third-order valence-electron chi connectivity index (χ3n) is 5.52. The second kappa shape index (κ2) is 7.63. The van der Waals surface area contributed by atoms with Crippen LogP contribution in [0.4, 0.5) is 0 Å². The lowest BCUT2D eigenvalue weighted by atomic mass is 9.86. The van der Waals surface area contributed by atoms with Crippen molar-refractivity contribution in [2.24, 2.45) is 0 Å². The Bertz CT molecular complexity index is 1210. The number of rotatable bonds is 5. The van der Waals surface area contributed by atoms with Gasteiger partial charge in [-0.3, -0.25) is 4.79 Å². The van der Waals surface area contributed by atoms with E-state index >= 15 is 0 Å². The number of fused-ring (bicyclic) bond motifs is 2. The van der Waals surface area contributed by atoms with Crippen LogP contribution >= 0.6 is 0 Å². The summed E-state index contributed by atoms with van der Waals surface area (Å²) in [5.41, 5.74) is 2.91. The van der Waals surface area contributed by atoms with E-state index in [1.54, 1.807) is 20.1 Å². The fourth-order valence-corrected chi connectivity index (χ4v) is 3.71. The summed E-state index contributed by atoms with van der Waals surface area (Å²) in [4.78, 5) is 36.0. The van der Waals surface area contributed by atoms with Gasteiger partial charge in [0.15, 0.2) is 0 Å². The van der Waals surface area contributed by atoms with E-state index in [-0.39, 0.29) is 23.8 Å². The quantitative estimate of drug-likeness (QED) is 0.645. The number of benzene rings is 1. The van der Waals surface area contributed by atoms with Crippen molar-refractivity contribution < 1.29 is 23.5 Å². The number of hydrogen-bond donors (Lipinski definition) is 1. The van der Waals surface area contributed by atoms with Gasteiger partial charge in [0.2, 0.25) is 5.91 Å². The maximum atomic E-state index is 12.6. The van der Waals surface area contributed by atoms with Crippen LogP contribution in [-0.2, 0) is 21.4 Å². The highest BCUT2D eigenvalue weighted by Crippen LogP contribution is 2.37. The van der Waals surface area contributed by atoms with Gasteiger partial charge in [0.05, 0.1) is 30.3 Å². The number of furan rings is 1. The number of carboxylic acid groups (broad SMARTS) is 1. The highest BCUT2D eigenvalue weighted by atomic mass is 16.4. The molecule has 0 bridgehead atoms. The van der Waals surface area contributed by atoms with Crippen molar-refractivity contribution >= 4 is 33.8 Å². The summed E-state index contributed by atoms with van der Waals surface area (Å²) in [5.74, 6) is -1.93. The summed E-state index contributed by atoms with van der Waals surface area (Å²) in [7, 11) is 0. The molecule has 7 heteroatoms. The second-order valence-corrected chi connectivity index (χ2v) is 8.67. The van der Waals surface area contributed by atoms with Crippen LogP contribution in [0.1, 0.15) is 56.4 Å². The molecule has 1 atom stereocenters. The first-order chi connectivity index (χ1) is 14.0. The average molecular weight is 412 g/mol. The Morgan fingerprint density at radius 3 is 2.37 bits per heavy atom. The average Bonchev–Trinajstić information content (AvgIpc) is 3.09. The van der Waals surface area contributed by atoms with Crippen LogP contribution in [0.2, 0.25) is 0 Å². The molecule has 160 valence electrons. The van der Waals surface area contributed by atoms with Crippen molar-refractivity contribution in [1.82, 2.24) is 5.32 Å². The fraction of sp³-hybridized carbons (Fsp3) is 0.435. The highest BCUT2D eigenvalue weighted by molar-refractivity contribution is 6.00. The van der Waals surface area contributed by atoms with Crippen molar-refractivity contribution in [2.45, 2.75) is 65.8 Å². The Hall–Kier alpha value is -3.09. The molecule has 3 rings (SSSR count). The fourth-order valence-electron chi connectivity index (χ4n) is 3.71. The van der Waals surface area contributed by atoms with Gasteiger partial charge in [0.1, 0.15) is 11.2 Å². The number of carboxylic acids is 1. The maximum Gasteiger partial charge on any atom is 0.340 e. The summed E-state index contributed by atoms with van der Waals surface area (Å²) in [5, 5.41) is 15.1. The third kappa shape index (κ3) is 3.72. The molecule has 0 aliphatic carbocycles. The molecule has 1 amide bonds. The summed E-state index contributed by atoms with van der Waals surface area (Å²) >= 11 is 0. The van der Waals surface area contributed by atoms with Crippen molar-refractivity contribution in [3.63, 3.8) is 0 Å². The van der Waals surface area contributed by atoms with Gasteiger partial charge < -0.3 is 24.1 Å². The SMILES string of the molecule is CC[C@H](NC(=O)Cc1c(C)c2cc3c(C(C)(C)C)coc3c(C)c2oc1=O)C(=O)[O-]. The zero-order valence-corrected chi connectivity index (χ0v) is 18.1. The number of carbonyl (C=O) groups is 2. The topological polar surface area (TPSA) is 113 Å². The van der Waals surface area contributed by atoms with Gasteiger partial charge in [-0.2, -0.15) is 0 Å². The van der Waals surface area contributed by atoms with E-state index in [4.69, 9.17) is 8.83 Å². The summed E-state index contributed by atoms with van der Waals surface area (Å²) in [6.45, 7) is 11.5. The lowest BCUT2D eigenvalue weighted by Crippen LogP contribution is -2.48. The van der Waals surface area contributed by atoms with Crippen LogP contribution in [0.25, 0.3) is 21.9 Å². The molecule has 0 spiro atoms. The molecular formula is C23H26NO6-. The van der Waals surface area contributed by atoms with E-state index in [9.17, 15) is 19.5 Å². The first-order valence-electron chi connectivity index (χ1n) is 9.93. The van der Waals surface area contributed by atoms with Crippen LogP contribution in [0, 0.1) is 13.8 Å². The van der Waals surface area contributed by atoms with Crippen molar-refractivity contribution in [1.29, 1.82) is 0 Å². The summed E-state index contributed by atoms with van der Waals surface area (Å²) in [6.07, 6.45) is 1.64. The Kier molecular flexibility index (Phi) is 5.50. The van der Waals surface area contributed by atoms with Crippen LogP contribution in [-0.4, -0.2) is 17.9 Å². The van der Waals surface area contributed by atoms with Crippen molar-refractivity contribution in [3.8, 4) is 0 Å². The molecule has 0 aliphatic heterocycles. The molecule has 7 nitrogen and oxygen atoms in total. The number of nitrogens with one attached hydrogen (secondary N) is 1. The van der Waals surface area contributed by atoms with Crippen LogP contribution in [0.15, 0.2) is 26.0 Å². The van der Waals surface area contributed by atoms with E-state index in [0.29, 0.717) is 16.7 Å². The van der Waals surface area contributed by atoms with Crippen LogP contribution in [0.3, 0.4) is 0 Å². The molecule has 0 unspecified atom stereocenters. The Morgan fingerprint density at radius 2 is 1.80 bits per heavy atom. The van der Waals surface area contributed by atoms with Crippen molar-refractivity contribution in [3.05, 3.63) is 45.0 Å². The van der Waals surface area contributed by atoms with Gasteiger partial charge in [-0.05, 0) is 37.3 Å². The van der Waals surface area contributed by atoms with E-state index in [2.05, 4.69) is 26.1 Å². The summed E-state index contributed by atoms with van der Waals surface area (Å²) in [6, 6.07) is 0.824. The molecule has 0 aliphatic rings. The molecule has 0 saturated heterocycles. The molecule has 2 heterocycles. The molecule has 1 aromatic carbocycles. The zero-order chi connectivity index (χ0) is 22.4. The van der Waals surface area contributed by atoms with E-state index in [0.717, 1.165) is 21.9 Å². The Balaban J connectivity index is 2.13. The molecule has 2 aromatic heterocycles. The van der Waals surface area contributed by atoms with Crippen molar-refractivity contribution in [2.75, 3.05) is 0 Å². The molecule has 3 aromatic rings. The Morgan fingerprint density at radius 1 is 1.13 bits per heavy atom. The minimum atomic E-state index is -1.36. The normalized spacial score (nSPS) is 13.0. The molecule has 0 saturated carbocycles. The van der Waals surface area contributed by atoms with Gasteiger partial charge in [-0.15, -0.1) is 0 Å². The van der Waals surface area contributed by atoms with E-state index in [1.165, 1.54) is 0 Å². The first kappa shape index (κ1) is 21.6. The Labute approximate surface area is 174 Å². The van der Waals surface area contributed by atoms with Gasteiger partial charge >= 0.3 is 5.63 Å². The number of hydrogen-bond acceptors (Lipinski definition) is 6. The highest BCUT2D eigenvalue weighted by Gasteiger charge is 2.24. The summed E-state index contributed by atoms with van der Waals surface area (Å²) < 4.78 is 11.3. The molecule has 1 N–H and O–H groups in total. The monoisotopic (exact) mass is 412 g/mol. The van der Waals surface area contributed by atoms with Gasteiger partial charge in [0, 0.05) is 21.9 Å².